The van der Waals surface area contributed by atoms with E-state index in [0.717, 1.165) is 17.7 Å². The molecule has 2 aromatic carbocycles. The zero-order chi connectivity index (χ0) is 18.2. The molecular weight excluding hydrogens is 328 g/mol. The minimum Gasteiger partial charge on any atom is -0.399 e. The van der Waals surface area contributed by atoms with Crippen LogP contribution in [0.3, 0.4) is 0 Å². The number of nitrogens with zero attached hydrogens (tertiary/aromatic N) is 3. The van der Waals surface area contributed by atoms with Crippen molar-refractivity contribution in [2.24, 2.45) is 5.16 Å². The third-order valence-electron chi connectivity index (χ3n) is 3.88. The highest BCUT2D eigenvalue weighted by Gasteiger charge is 2.05. The lowest BCUT2D eigenvalue weighted by Gasteiger charge is -2.07. The van der Waals surface area contributed by atoms with E-state index in [1.165, 1.54) is 12.7 Å². The Labute approximate surface area is 152 Å². The fourth-order valence-electron chi connectivity index (χ4n) is 2.47. The quantitative estimate of drug-likeness (QED) is 0.527. The molecule has 0 unspecified atom stereocenters. The van der Waals surface area contributed by atoms with Crippen LogP contribution in [0, 0.1) is 0 Å². The molecule has 132 valence electrons. The predicted molar refractivity (Wildman–Crippen MR) is 100.0 cm³/mol. The second-order valence-corrected chi connectivity index (χ2v) is 5.77. The van der Waals surface area contributed by atoms with Crippen LogP contribution in [0.15, 0.2) is 72.4 Å². The normalized spacial score (nSPS) is 10.8. The van der Waals surface area contributed by atoms with Crippen LogP contribution in [0.25, 0.3) is 0 Å². The van der Waals surface area contributed by atoms with Crippen LogP contribution in [0.1, 0.15) is 27.0 Å². The second-order valence-electron chi connectivity index (χ2n) is 5.77. The summed E-state index contributed by atoms with van der Waals surface area (Å²) in [6.07, 6.45) is 7.08. The molecule has 0 radical (unpaired) electrons. The molecule has 0 aliphatic heterocycles. The summed E-state index contributed by atoms with van der Waals surface area (Å²) < 4.78 is 2.01. The highest BCUT2D eigenvalue weighted by atomic mass is 16.6. The Morgan fingerprint density at radius 1 is 1.15 bits per heavy atom. The number of aromatic nitrogens is 2. The van der Waals surface area contributed by atoms with Gasteiger partial charge in [-0.25, -0.2) is 4.98 Å². The fourth-order valence-corrected chi connectivity index (χ4v) is 2.47. The Hall–Kier alpha value is -3.41. The van der Waals surface area contributed by atoms with Crippen molar-refractivity contribution in [3.05, 3.63) is 89.5 Å². The van der Waals surface area contributed by atoms with Crippen LogP contribution in [0.2, 0.25) is 0 Å². The number of hydrogen-bond acceptors (Lipinski definition) is 4. The summed E-state index contributed by atoms with van der Waals surface area (Å²) in [6.45, 7) is 1.27. The molecule has 1 aromatic heterocycles. The Balaban J connectivity index is 1.53. The molecule has 0 saturated carbocycles. The SMILES string of the molecule is CO/N=C/c1ccc(C(=O)NCc2ccc(Cn3ccnc3)cc2)cc1. The number of oxime groups is 1. The highest BCUT2D eigenvalue weighted by Crippen LogP contribution is 2.08. The van der Waals surface area contributed by atoms with Gasteiger partial charge in [-0.1, -0.05) is 41.6 Å². The lowest BCUT2D eigenvalue weighted by molar-refractivity contribution is 0.0951. The molecule has 1 amide bonds. The molecule has 3 aromatic rings. The van der Waals surface area contributed by atoms with Gasteiger partial charge in [0.2, 0.25) is 0 Å². The standard InChI is InChI=1S/C20H20N4O2/c1-26-23-13-17-6-8-19(9-7-17)20(25)22-12-16-2-4-18(5-3-16)14-24-11-10-21-15-24/h2-11,13,15H,12,14H2,1H3,(H,22,25)/b23-13+. The molecule has 0 atom stereocenters. The van der Waals surface area contributed by atoms with Gasteiger partial charge in [0, 0.05) is 31.0 Å². The van der Waals surface area contributed by atoms with Crippen LogP contribution in [0.5, 0.6) is 0 Å². The summed E-state index contributed by atoms with van der Waals surface area (Å²) in [6, 6.07) is 15.3. The number of hydrogen-bond donors (Lipinski definition) is 1. The molecule has 0 spiro atoms. The largest absolute Gasteiger partial charge is 0.399 e. The molecule has 0 bridgehead atoms. The van der Waals surface area contributed by atoms with Gasteiger partial charge in [-0.15, -0.1) is 0 Å². The predicted octanol–water partition coefficient (Wildman–Crippen LogP) is 2.84. The summed E-state index contributed by atoms with van der Waals surface area (Å²) in [5.74, 6) is -0.109. The van der Waals surface area contributed by atoms with Gasteiger partial charge in [-0.3, -0.25) is 4.79 Å². The molecule has 26 heavy (non-hydrogen) atoms. The summed E-state index contributed by atoms with van der Waals surface area (Å²) in [5.41, 5.74) is 3.72. The van der Waals surface area contributed by atoms with E-state index in [4.69, 9.17) is 0 Å². The van der Waals surface area contributed by atoms with E-state index in [1.54, 1.807) is 30.9 Å². The van der Waals surface area contributed by atoms with Crippen molar-refractivity contribution in [1.82, 2.24) is 14.9 Å². The maximum Gasteiger partial charge on any atom is 0.251 e. The first-order chi connectivity index (χ1) is 12.7. The minimum atomic E-state index is -0.109. The van der Waals surface area contributed by atoms with E-state index in [1.807, 2.05) is 35.0 Å². The molecule has 0 saturated heterocycles. The van der Waals surface area contributed by atoms with Gasteiger partial charge in [-0.05, 0) is 28.8 Å². The molecule has 1 heterocycles. The first kappa shape index (κ1) is 17.4. The molecule has 3 rings (SSSR count). The number of imidazole rings is 1. The van der Waals surface area contributed by atoms with Gasteiger partial charge in [0.15, 0.2) is 0 Å². The Kier molecular flexibility index (Phi) is 5.77. The maximum atomic E-state index is 12.2. The fraction of sp³-hybridized carbons (Fsp3) is 0.150. The first-order valence-electron chi connectivity index (χ1n) is 8.23. The van der Waals surface area contributed by atoms with Crippen molar-refractivity contribution < 1.29 is 9.63 Å². The zero-order valence-electron chi connectivity index (χ0n) is 14.5. The van der Waals surface area contributed by atoms with Crippen molar-refractivity contribution in [2.75, 3.05) is 7.11 Å². The van der Waals surface area contributed by atoms with Gasteiger partial charge in [0.25, 0.3) is 5.91 Å². The van der Waals surface area contributed by atoms with Crippen molar-refractivity contribution in [1.29, 1.82) is 0 Å². The number of amides is 1. The average molecular weight is 348 g/mol. The van der Waals surface area contributed by atoms with Gasteiger partial charge in [-0.2, -0.15) is 0 Å². The van der Waals surface area contributed by atoms with Crippen molar-refractivity contribution in [2.45, 2.75) is 13.1 Å². The molecule has 1 N–H and O–H groups in total. The van der Waals surface area contributed by atoms with Crippen molar-refractivity contribution in [3.63, 3.8) is 0 Å². The third-order valence-corrected chi connectivity index (χ3v) is 3.88. The number of benzene rings is 2. The Morgan fingerprint density at radius 3 is 2.54 bits per heavy atom. The lowest BCUT2D eigenvalue weighted by Crippen LogP contribution is -2.22. The average Bonchev–Trinajstić information content (AvgIpc) is 3.19. The summed E-state index contributed by atoms with van der Waals surface area (Å²) in [4.78, 5) is 20.9. The van der Waals surface area contributed by atoms with Gasteiger partial charge in [0.1, 0.15) is 7.11 Å². The molecule has 0 aliphatic rings. The van der Waals surface area contributed by atoms with Crippen LogP contribution >= 0.6 is 0 Å². The summed E-state index contributed by atoms with van der Waals surface area (Å²) in [7, 11) is 1.49. The number of carbonyl (C=O) groups is 1. The van der Waals surface area contributed by atoms with Gasteiger partial charge < -0.3 is 14.7 Å². The van der Waals surface area contributed by atoms with Gasteiger partial charge in [0.05, 0.1) is 12.5 Å². The molecule has 0 fully saturated rings. The smallest absolute Gasteiger partial charge is 0.251 e. The van der Waals surface area contributed by atoms with Crippen molar-refractivity contribution >= 4 is 12.1 Å². The molecule has 6 heteroatoms. The summed E-state index contributed by atoms with van der Waals surface area (Å²) in [5, 5.41) is 6.62. The number of rotatable bonds is 7. The van der Waals surface area contributed by atoms with Crippen LogP contribution in [-0.2, 0) is 17.9 Å². The number of nitrogens with one attached hydrogen (secondary N) is 1. The summed E-state index contributed by atoms with van der Waals surface area (Å²) >= 11 is 0. The highest BCUT2D eigenvalue weighted by molar-refractivity contribution is 5.94. The van der Waals surface area contributed by atoms with E-state index in [9.17, 15) is 4.79 Å². The van der Waals surface area contributed by atoms with E-state index >= 15 is 0 Å². The minimum absolute atomic E-state index is 0.109. The topological polar surface area (TPSA) is 68.5 Å². The van der Waals surface area contributed by atoms with E-state index < -0.39 is 0 Å². The zero-order valence-corrected chi connectivity index (χ0v) is 14.5. The van der Waals surface area contributed by atoms with E-state index in [2.05, 4.69) is 32.4 Å². The van der Waals surface area contributed by atoms with Crippen LogP contribution in [0.4, 0.5) is 0 Å². The Morgan fingerprint density at radius 2 is 1.88 bits per heavy atom. The molecule has 0 aliphatic carbocycles. The van der Waals surface area contributed by atoms with Crippen LogP contribution < -0.4 is 5.32 Å². The first-order valence-corrected chi connectivity index (χ1v) is 8.23. The third kappa shape index (κ3) is 4.80. The molecular formula is C20H20N4O2. The van der Waals surface area contributed by atoms with Gasteiger partial charge >= 0.3 is 0 Å². The van der Waals surface area contributed by atoms with E-state index in [0.29, 0.717) is 12.1 Å². The number of carbonyl (C=O) groups excluding carboxylic acids is 1. The van der Waals surface area contributed by atoms with Crippen molar-refractivity contribution in [3.8, 4) is 0 Å². The molecule has 6 nitrogen and oxygen atoms in total. The maximum absolute atomic E-state index is 12.2. The Bertz CT molecular complexity index is 854. The van der Waals surface area contributed by atoms with Crippen LogP contribution in [-0.4, -0.2) is 28.8 Å². The second kappa shape index (κ2) is 8.62. The lowest BCUT2D eigenvalue weighted by atomic mass is 10.1. The monoisotopic (exact) mass is 348 g/mol. The van der Waals surface area contributed by atoms with E-state index in [-0.39, 0.29) is 5.91 Å².